The molecule has 3 aromatic heterocycles. The van der Waals surface area contributed by atoms with Crippen molar-refractivity contribution in [2.75, 3.05) is 18.0 Å². The Balaban J connectivity index is 1.22. The number of fused-ring (bicyclic) bond motifs is 4. The maximum Gasteiger partial charge on any atom is 0.406 e. The fraction of sp³-hybridized carbons (Fsp3) is 0.438. The molecule has 2 aliphatic carbocycles. The highest BCUT2D eigenvalue weighted by Gasteiger charge is 2.51. The number of thiophene rings is 1. The minimum Gasteiger partial charge on any atom is -0.366 e. The van der Waals surface area contributed by atoms with Gasteiger partial charge in [-0.05, 0) is 73.8 Å². The Kier molecular flexibility index (Phi) is 6.13. The van der Waals surface area contributed by atoms with Crippen LogP contribution in [0.3, 0.4) is 0 Å². The Bertz CT molecular complexity index is 1980. The molecule has 4 aromatic rings. The molecule has 2 aliphatic heterocycles. The maximum absolute atomic E-state index is 13.0. The molecule has 2 saturated carbocycles. The van der Waals surface area contributed by atoms with Gasteiger partial charge >= 0.3 is 11.9 Å². The number of nitrogens with zero attached hydrogens (tertiary/aromatic N) is 5. The zero-order chi connectivity index (χ0) is 30.4. The third-order valence-electron chi connectivity index (χ3n) is 9.96. The van der Waals surface area contributed by atoms with Crippen molar-refractivity contribution >= 4 is 27.2 Å². The van der Waals surface area contributed by atoms with E-state index in [2.05, 4.69) is 27.3 Å². The highest BCUT2D eigenvalue weighted by molar-refractivity contribution is 7.19. The number of hydrogen-bond donors (Lipinski definition) is 1. The van der Waals surface area contributed by atoms with Crippen LogP contribution in [0.5, 0.6) is 0 Å². The van der Waals surface area contributed by atoms with E-state index in [4.69, 9.17) is 0 Å². The summed E-state index contributed by atoms with van der Waals surface area (Å²) in [6.45, 7) is 0.284. The van der Waals surface area contributed by atoms with E-state index < -0.39 is 24.0 Å². The number of anilines is 1. The van der Waals surface area contributed by atoms with Gasteiger partial charge in [0.05, 0.1) is 28.4 Å². The van der Waals surface area contributed by atoms with E-state index in [1.165, 1.54) is 41.9 Å². The lowest BCUT2D eigenvalue weighted by molar-refractivity contribution is -0.141. The van der Waals surface area contributed by atoms with Gasteiger partial charge in [-0.1, -0.05) is 0 Å². The van der Waals surface area contributed by atoms with E-state index in [1.807, 2.05) is 12.1 Å². The molecule has 0 bridgehead atoms. The van der Waals surface area contributed by atoms with Gasteiger partial charge in [-0.2, -0.15) is 18.4 Å². The van der Waals surface area contributed by atoms with Gasteiger partial charge in [0, 0.05) is 64.8 Å². The molecule has 4 aliphatic rings. The molecular weight excluding hydrogens is 589 g/mol. The summed E-state index contributed by atoms with van der Waals surface area (Å²) in [5, 5.41) is 13.8. The summed E-state index contributed by atoms with van der Waals surface area (Å²) in [6, 6.07) is 11.5. The quantitative estimate of drug-likeness (QED) is 0.339. The topological polar surface area (TPSA) is 96.0 Å². The van der Waals surface area contributed by atoms with E-state index in [-0.39, 0.29) is 12.1 Å². The van der Waals surface area contributed by atoms with Gasteiger partial charge in [0.1, 0.15) is 6.54 Å². The van der Waals surface area contributed by atoms with Crippen molar-refractivity contribution in [1.82, 2.24) is 19.4 Å². The molecule has 3 fully saturated rings. The first-order chi connectivity index (χ1) is 21.1. The first-order valence-electron chi connectivity index (χ1n) is 15.0. The van der Waals surface area contributed by atoms with E-state index in [9.17, 15) is 28.0 Å². The summed E-state index contributed by atoms with van der Waals surface area (Å²) < 4.78 is 41.3. The minimum atomic E-state index is -4.60. The van der Waals surface area contributed by atoms with Crippen molar-refractivity contribution in [3.05, 3.63) is 79.6 Å². The smallest absolute Gasteiger partial charge is 0.366 e. The number of benzene rings is 1. The summed E-state index contributed by atoms with van der Waals surface area (Å²) >= 11 is 1.36. The van der Waals surface area contributed by atoms with Crippen LogP contribution in [0, 0.1) is 17.2 Å². The van der Waals surface area contributed by atoms with Gasteiger partial charge < -0.3 is 10.2 Å². The van der Waals surface area contributed by atoms with Crippen LogP contribution in [0.2, 0.25) is 0 Å². The van der Waals surface area contributed by atoms with Crippen molar-refractivity contribution in [3.8, 4) is 17.2 Å². The molecule has 1 saturated heterocycles. The van der Waals surface area contributed by atoms with E-state index in [1.54, 1.807) is 12.3 Å². The molecule has 1 aromatic carbocycles. The highest BCUT2D eigenvalue weighted by atomic mass is 32.1. The first-order valence-corrected chi connectivity index (χ1v) is 15.8. The van der Waals surface area contributed by atoms with Gasteiger partial charge in [-0.15, -0.1) is 11.3 Å². The van der Waals surface area contributed by atoms with Crippen LogP contribution in [0.1, 0.15) is 54.0 Å². The Hall–Kier alpha value is -3.95. The van der Waals surface area contributed by atoms with E-state index in [0.717, 1.165) is 58.6 Å². The maximum atomic E-state index is 13.0. The molecule has 44 heavy (non-hydrogen) atoms. The van der Waals surface area contributed by atoms with Crippen LogP contribution >= 0.6 is 11.3 Å². The standard InChI is InChI=1S/C32H29F3N6O2S/c33-32(34,35)17-39-7-3-27(42)41(30(39)43)16-21-11-26-29(44-21)22(2-6-37-26)24-8-18(13-36)9-25-23-10-19(23)15-40(28(24)25)20-12-31(38-14-20)4-1-5-31/h2-3,6-9,11,19-20,23,38H,1,4-5,10,12,14-17H2/t19-,20?,23-/m1/s1. The number of halogens is 3. The monoisotopic (exact) mass is 618 g/mol. The molecule has 3 atom stereocenters. The summed E-state index contributed by atoms with van der Waals surface area (Å²) in [5.41, 5.74) is 4.15. The average Bonchev–Trinajstić information content (AvgIpc) is 3.41. The lowest BCUT2D eigenvalue weighted by atomic mass is 9.75. The molecule has 8 nitrogen and oxygen atoms in total. The Morgan fingerprint density at radius 2 is 2.00 bits per heavy atom. The zero-order valence-electron chi connectivity index (χ0n) is 23.7. The molecular formula is C32H29F3N6O2S. The van der Waals surface area contributed by atoms with Crippen molar-refractivity contribution < 1.29 is 13.2 Å². The average molecular weight is 619 g/mol. The predicted octanol–water partition coefficient (Wildman–Crippen LogP) is 4.98. The second kappa shape index (κ2) is 9.78. The number of alkyl halides is 3. The van der Waals surface area contributed by atoms with Crippen LogP contribution in [-0.2, 0) is 13.1 Å². The molecule has 226 valence electrons. The lowest BCUT2D eigenvalue weighted by Gasteiger charge is -2.41. The highest BCUT2D eigenvalue weighted by Crippen LogP contribution is 2.58. The molecule has 0 radical (unpaired) electrons. The van der Waals surface area contributed by atoms with Gasteiger partial charge in [-0.3, -0.25) is 18.9 Å². The lowest BCUT2D eigenvalue weighted by Crippen LogP contribution is -2.46. The van der Waals surface area contributed by atoms with Crippen LogP contribution in [0.25, 0.3) is 21.3 Å². The molecule has 12 heteroatoms. The first kappa shape index (κ1) is 27.6. The third-order valence-corrected chi connectivity index (χ3v) is 11.1. The van der Waals surface area contributed by atoms with Gasteiger partial charge in [0.15, 0.2) is 0 Å². The SMILES string of the molecule is N#Cc1cc(-c2ccnc3cc(Cn4c(=O)ccn(CC(F)(F)F)c4=O)sc23)c2c(c1)[C@@H]1C[C@@H]1CN2C1CNC2(CCC2)C1. The number of nitriles is 1. The van der Waals surface area contributed by atoms with E-state index in [0.29, 0.717) is 38.4 Å². The fourth-order valence-electron chi connectivity index (χ4n) is 7.62. The number of nitrogens with one attached hydrogen (secondary N) is 1. The third kappa shape index (κ3) is 4.56. The normalized spacial score (nSPS) is 23.3. The fourth-order valence-corrected chi connectivity index (χ4v) is 8.75. The van der Waals surface area contributed by atoms with Gasteiger partial charge in [-0.25, -0.2) is 4.79 Å². The van der Waals surface area contributed by atoms with Gasteiger partial charge in [0.25, 0.3) is 5.56 Å². The Labute approximate surface area is 254 Å². The van der Waals surface area contributed by atoms with E-state index >= 15 is 0 Å². The van der Waals surface area contributed by atoms with Crippen molar-refractivity contribution in [2.24, 2.45) is 5.92 Å². The summed E-state index contributed by atoms with van der Waals surface area (Å²) in [7, 11) is 0. The van der Waals surface area contributed by atoms with Crippen LogP contribution in [0.4, 0.5) is 18.9 Å². The van der Waals surface area contributed by atoms with Crippen molar-refractivity contribution in [3.63, 3.8) is 0 Å². The zero-order valence-corrected chi connectivity index (χ0v) is 24.5. The number of aromatic nitrogens is 3. The summed E-state index contributed by atoms with van der Waals surface area (Å²) in [5.74, 6) is 1.04. The molecule has 1 unspecified atom stereocenters. The van der Waals surface area contributed by atoms with Crippen molar-refractivity contribution in [1.29, 1.82) is 5.26 Å². The van der Waals surface area contributed by atoms with Gasteiger partial charge in [0.2, 0.25) is 0 Å². The second-order valence-corrected chi connectivity index (χ2v) is 13.9. The molecule has 8 rings (SSSR count). The molecule has 0 amide bonds. The van der Waals surface area contributed by atoms with Crippen LogP contribution < -0.4 is 21.5 Å². The number of rotatable bonds is 5. The molecule has 1 spiro atoms. The Morgan fingerprint density at radius 1 is 1.16 bits per heavy atom. The van der Waals surface area contributed by atoms with Crippen molar-refractivity contribution in [2.45, 2.75) is 68.9 Å². The predicted molar refractivity (Wildman–Crippen MR) is 161 cm³/mol. The molecule has 1 N–H and O–H groups in total. The minimum absolute atomic E-state index is 0.168. The van der Waals surface area contributed by atoms with Crippen LogP contribution in [-0.4, -0.2) is 45.0 Å². The summed E-state index contributed by atoms with van der Waals surface area (Å²) in [4.78, 5) is 33.2. The number of pyridine rings is 1. The second-order valence-electron chi connectivity index (χ2n) is 12.8. The number of hydrogen-bond acceptors (Lipinski definition) is 7. The van der Waals surface area contributed by atoms with Crippen LogP contribution in [0.15, 0.2) is 52.3 Å². The summed E-state index contributed by atoms with van der Waals surface area (Å²) in [6.07, 6.45) is 3.92. The Morgan fingerprint density at radius 3 is 2.73 bits per heavy atom. The molecule has 5 heterocycles. The largest absolute Gasteiger partial charge is 0.406 e.